The van der Waals surface area contributed by atoms with Gasteiger partial charge in [0.05, 0.1) is 41.6 Å². The first-order valence-electron chi connectivity index (χ1n) is 13.7. The molecule has 1 amide bonds. The van der Waals surface area contributed by atoms with E-state index < -0.39 is 0 Å². The number of carbonyl (C=O) groups is 1. The van der Waals surface area contributed by atoms with Crippen molar-refractivity contribution in [3.05, 3.63) is 76.0 Å². The molecule has 0 radical (unpaired) electrons. The van der Waals surface area contributed by atoms with Crippen LogP contribution in [0.5, 0.6) is 0 Å². The maximum Gasteiger partial charge on any atom is 0.272 e. The Morgan fingerprint density at radius 2 is 1.84 bits per heavy atom. The number of carbonyl (C=O) groups excluding carboxylic acids is 1. The first-order chi connectivity index (χ1) is 18.7. The predicted molar refractivity (Wildman–Crippen MR) is 146 cm³/mol. The number of amides is 1. The van der Waals surface area contributed by atoms with Crippen LogP contribution in [0.2, 0.25) is 0 Å². The van der Waals surface area contributed by atoms with E-state index in [1.54, 1.807) is 6.20 Å². The summed E-state index contributed by atoms with van der Waals surface area (Å²) in [6.07, 6.45) is 9.36. The number of rotatable bonds is 7. The fraction of sp³-hybridized carbons (Fsp3) is 0.448. The molecule has 1 saturated heterocycles. The summed E-state index contributed by atoms with van der Waals surface area (Å²) in [4.78, 5) is 27.7. The van der Waals surface area contributed by atoms with E-state index in [4.69, 9.17) is 4.74 Å². The van der Waals surface area contributed by atoms with Crippen molar-refractivity contribution in [1.82, 2.24) is 30.0 Å². The number of hydrogen-bond acceptors (Lipinski definition) is 6. The highest BCUT2D eigenvalue weighted by Gasteiger charge is 2.27. The molecule has 3 aromatic heterocycles. The lowest BCUT2D eigenvalue weighted by atomic mass is 9.82. The Balaban J connectivity index is 1.05. The third-order valence-corrected chi connectivity index (χ3v) is 8.04. The fourth-order valence-corrected chi connectivity index (χ4v) is 5.90. The van der Waals surface area contributed by atoms with Gasteiger partial charge in [0.15, 0.2) is 0 Å². The van der Waals surface area contributed by atoms with Crippen molar-refractivity contribution in [3.63, 3.8) is 0 Å². The van der Waals surface area contributed by atoms with Gasteiger partial charge in [0.1, 0.15) is 0 Å². The van der Waals surface area contributed by atoms with Crippen molar-refractivity contribution < 1.29 is 9.53 Å². The summed E-state index contributed by atoms with van der Waals surface area (Å²) in [5.74, 6) is 0.194. The summed E-state index contributed by atoms with van der Waals surface area (Å²) in [6.45, 7) is 4.76. The lowest BCUT2D eigenvalue weighted by molar-refractivity contribution is 0.0374. The average molecular weight is 515 g/mol. The Morgan fingerprint density at radius 1 is 1.05 bits per heavy atom. The molecule has 4 aromatic rings. The lowest BCUT2D eigenvalue weighted by Gasteiger charge is -2.29. The number of nitrogens with one attached hydrogen (secondary N) is 2. The Morgan fingerprint density at radius 3 is 2.66 bits per heavy atom. The van der Waals surface area contributed by atoms with E-state index in [9.17, 15) is 9.59 Å². The summed E-state index contributed by atoms with van der Waals surface area (Å²) in [7, 11) is 0. The van der Waals surface area contributed by atoms with Gasteiger partial charge in [0, 0.05) is 36.6 Å². The normalized spacial score (nSPS) is 20.6. The van der Waals surface area contributed by atoms with Gasteiger partial charge in [0.2, 0.25) is 0 Å². The molecule has 2 N–H and O–H groups in total. The van der Waals surface area contributed by atoms with Gasteiger partial charge < -0.3 is 10.1 Å². The number of morpholine rings is 1. The second kappa shape index (κ2) is 11.0. The minimum atomic E-state index is -0.154. The van der Waals surface area contributed by atoms with Gasteiger partial charge in [-0.25, -0.2) is 9.61 Å². The van der Waals surface area contributed by atoms with Crippen LogP contribution >= 0.6 is 0 Å². The van der Waals surface area contributed by atoms with Crippen LogP contribution in [0.1, 0.15) is 59.6 Å². The summed E-state index contributed by atoms with van der Waals surface area (Å²) >= 11 is 0. The standard InChI is InChI=1S/C29H34N6O3/c36-28(25-18-30-35-19-20(7-12-26(25)35)4-3-13-34-14-16-38-17-15-34)31-22-10-8-21(9-11-22)27-23-5-1-2-6-24(23)29(37)33-32-27/h1-2,5-7,12,18-19,21-22H,3-4,8-11,13-17H2,(H,31,36)(H,33,37). The number of benzene rings is 1. The number of ether oxygens (including phenoxy) is 1. The average Bonchev–Trinajstić information content (AvgIpc) is 3.38. The smallest absolute Gasteiger partial charge is 0.272 e. The van der Waals surface area contributed by atoms with Crippen molar-refractivity contribution in [2.24, 2.45) is 0 Å². The molecule has 4 heterocycles. The van der Waals surface area contributed by atoms with Crippen molar-refractivity contribution in [2.45, 2.75) is 50.5 Å². The van der Waals surface area contributed by atoms with Crippen LogP contribution in [-0.4, -0.2) is 69.5 Å². The van der Waals surface area contributed by atoms with Crippen LogP contribution in [-0.2, 0) is 11.2 Å². The van der Waals surface area contributed by atoms with Crippen LogP contribution in [0.15, 0.2) is 53.6 Å². The molecule has 0 unspecified atom stereocenters. The Labute approximate surface area is 221 Å². The number of hydrogen-bond donors (Lipinski definition) is 2. The monoisotopic (exact) mass is 514 g/mol. The minimum Gasteiger partial charge on any atom is -0.379 e. The zero-order valence-corrected chi connectivity index (χ0v) is 21.6. The number of nitrogens with zero attached hydrogens (tertiary/aromatic N) is 4. The summed E-state index contributed by atoms with van der Waals surface area (Å²) < 4.78 is 7.25. The van der Waals surface area contributed by atoms with E-state index in [1.807, 2.05) is 41.0 Å². The quantitative estimate of drug-likeness (QED) is 0.392. The molecule has 2 aliphatic rings. The van der Waals surface area contributed by atoms with Crippen LogP contribution < -0.4 is 10.9 Å². The van der Waals surface area contributed by atoms with Crippen molar-refractivity contribution in [3.8, 4) is 0 Å². The molecule has 0 atom stereocenters. The molecule has 198 valence electrons. The molecule has 1 aliphatic carbocycles. The molecule has 6 rings (SSSR count). The number of aromatic amines is 1. The molecule has 38 heavy (non-hydrogen) atoms. The van der Waals surface area contributed by atoms with Gasteiger partial charge >= 0.3 is 0 Å². The minimum absolute atomic E-state index is 0.0730. The Kier molecular flexibility index (Phi) is 7.20. The second-order valence-electron chi connectivity index (χ2n) is 10.5. The van der Waals surface area contributed by atoms with Gasteiger partial charge in [-0.1, -0.05) is 24.3 Å². The number of H-pyrrole nitrogens is 1. The van der Waals surface area contributed by atoms with Gasteiger partial charge in [-0.05, 0) is 62.8 Å². The topological polar surface area (TPSA) is 105 Å². The number of pyridine rings is 1. The maximum atomic E-state index is 13.2. The third kappa shape index (κ3) is 5.21. The van der Waals surface area contributed by atoms with Gasteiger partial charge in [-0.15, -0.1) is 0 Å². The van der Waals surface area contributed by atoms with E-state index in [0.717, 1.165) is 88.0 Å². The number of aryl methyl sites for hydroxylation is 1. The lowest BCUT2D eigenvalue weighted by Crippen LogP contribution is -2.37. The highest BCUT2D eigenvalue weighted by molar-refractivity contribution is 6.00. The third-order valence-electron chi connectivity index (χ3n) is 8.04. The molecule has 9 nitrogen and oxygen atoms in total. The van der Waals surface area contributed by atoms with E-state index in [-0.39, 0.29) is 23.4 Å². The molecular formula is C29H34N6O3. The molecule has 1 aliphatic heterocycles. The zero-order valence-electron chi connectivity index (χ0n) is 21.6. The number of fused-ring (bicyclic) bond motifs is 2. The molecule has 1 aromatic carbocycles. The van der Waals surface area contributed by atoms with Crippen molar-refractivity contribution in [2.75, 3.05) is 32.8 Å². The van der Waals surface area contributed by atoms with Crippen molar-refractivity contribution in [1.29, 1.82) is 0 Å². The van der Waals surface area contributed by atoms with E-state index in [1.165, 1.54) is 5.56 Å². The zero-order chi connectivity index (χ0) is 25.9. The molecule has 2 fully saturated rings. The first kappa shape index (κ1) is 24.8. The highest BCUT2D eigenvalue weighted by atomic mass is 16.5. The molecule has 0 bridgehead atoms. The van der Waals surface area contributed by atoms with E-state index in [2.05, 4.69) is 31.6 Å². The SMILES string of the molecule is O=C(NC1CCC(c2n[nH]c(=O)c3ccccc23)CC1)c1cnn2cc(CCCN3CCOCC3)ccc12. The van der Waals surface area contributed by atoms with Crippen LogP contribution in [0.3, 0.4) is 0 Å². The maximum absolute atomic E-state index is 13.2. The van der Waals surface area contributed by atoms with Gasteiger partial charge in [0.25, 0.3) is 11.5 Å². The van der Waals surface area contributed by atoms with Gasteiger partial charge in [-0.2, -0.15) is 10.2 Å². The van der Waals surface area contributed by atoms with Crippen LogP contribution in [0.25, 0.3) is 16.3 Å². The molecule has 1 saturated carbocycles. The Bertz CT molecular complexity index is 1480. The van der Waals surface area contributed by atoms with E-state index >= 15 is 0 Å². The number of aromatic nitrogens is 4. The predicted octanol–water partition coefficient (Wildman–Crippen LogP) is 3.29. The second-order valence-corrected chi connectivity index (χ2v) is 10.5. The Hall–Kier alpha value is -3.56. The molecule has 9 heteroatoms. The first-order valence-corrected chi connectivity index (χ1v) is 13.7. The summed E-state index contributed by atoms with van der Waals surface area (Å²) in [6, 6.07) is 11.9. The summed E-state index contributed by atoms with van der Waals surface area (Å²) in [5, 5.41) is 16.4. The van der Waals surface area contributed by atoms with Crippen molar-refractivity contribution >= 4 is 22.2 Å². The van der Waals surface area contributed by atoms with Crippen LogP contribution in [0, 0.1) is 0 Å². The molecule has 0 spiro atoms. The molecular weight excluding hydrogens is 480 g/mol. The fourth-order valence-electron chi connectivity index (χ4n) is 5.90. The van der Waals surface area contributed by atoms with Crippen LogP contribution in [0.4, 0.5) is 0 Å². The van der Waals surface area contributed by atoms with Gasteiger partial charge in [-0.3, -0.25) is 14.5 Å². The highest BCUT2D eigenvalue weighted by Crippen LogP contribution is 2.34. The largest absolute Gasteiger partial charge is 0.379 e. The van der Waals surface area contributed by atoms with E-state index in [0.29, 0.717) is 10.9 Å². The summed E-state index contributed by atoms with van der Waals surface area (Å²) in [5.41, 5.74) is 3.46.